The van der Waals surface area contributed by atoms with E-state index in [-0.39, 0.29) is 16.7 Å². The van der Waals surface area contributed by atoms with Gasteiger partial charge in [0.1, 0.15) is 16.9 Å². The van der Waals surface area contributed by atoms with Crippen LogP contribution in [0.4, 0.5) is 18.9 Å². The summed E-state index contributed by atoms with van der Waals surface area (Å²) in [5, 5.41) is 2.76. The quantitative estimate of drug-likeness (QED) is 0.698. The Hall–Kier alpha value is -2.00. The molecule has 2 N–H and O–H groups in total. The van der Waals surface area contributed by atoms with Gasteiger partial charge in [0.05, 0.1) is 10.7 Å². The minimum atomic E-state index is -4.45. The van der Waals surface area contributed by atoms with Crippen LogP contribution in [0.3, 0.4) is 0 Å². The summed E-state index contributed by atoms with van der Waals surface area (Å²) in [6.45, 7) is -1.13. The molecule has 5 nitrogen and oxygen atoms in total. The summed E-state index contributed by atoms with van der Waals surface area (Å²) in [5.74, 6) is -0.330. The number of thiol groups is 1. The van der Waals surface area contributed by atoms with Gasteiger partial charge in [0.2, 0.25) is 0 Å². The number of alkyl halides is 3. The molecular weight excluding hydrogens is 379 g/mol. The molecule has 1 atom stereocenters. The molecule has 0 bridgehead atoms. The van der Waals surface area contributed by atoms with Gasteiger partial charge in [-0.3, -0.25) is 4.79 Å². The highest BCUT2D eigenvalue weighted by Crippen LogP contribution is 2.31. The van der Waals surface area contributed by atoms with Crippen LogP contribution in [0.2, 0.25) is 5.02 Å². The van der Waals surface area contributed by atoms with Crippen molar-refractivity contribution >= 4 is 35.8 Å². The smallest absolute Gasteiger partial charge is 0.422 e. The number of ether oxygens (including phenoxy) is 1. The van der Waals surface area contributed by atoms with Crippen LogP contribution < -0.4 is 15.0 Å². The average molecular weight is 392 g/mol. The Balaban J connectivity index is 1.82. The van der Waals surface area contributed by atoms with E-state index in [0.29, 0.717) is 23.5 Å². The number of anilines is 1. The molecule has 10 heteroatoms. The van der Waals surface area contributed by atoms with Crippen LogP contribution >= 0.6 is 24.2 Å². The molecule has 1 unspecified atom stereocenters. The lowest BCUT2D eigenvalue weighted by molar-refractivity contribution is -0.153. The van der Waals surface area contributed by atoms with Crippen molar-refractivity contribution in [3.05, 3.63) is 46.7 Å². The molecule has 0 saturated carbocycles. The maximum absolute atomic E-state index is 12.3. The van der Waals surface area contributed by atoms with Crippen LogP contribution in [-0.4, -0.2) is 29.2 Å². The summed E-state index contributed by atoms with van der Waals surface area (Å²) < 4.78 is 41.8. The summed E-state index contributed by atoms with van der Waals surface area (Å²) in [7, 11) is 0. The Morgan fingerprint density at radius 1 is 1.32 bits per heavy atom. The maximum atomic E-state index is 12.3. The van der Waals surface area contributed by atoms with Crippen LogP contribution in [0.5, 0.6) is 5.75 Å². The first-order valence-corrected chi connectivity index (χ1v) is 8.05. The molecule has 0 radical (unpaired) electrons. The van der Waals surface area contributed by atoms with Gasteiger partial charge < -0.3 is 19.9 Å². The highest BCUT2D eigenvalue weighted by atomic mass is 35.5. The zero-order chi connectivity index (χ0) is 18.2. The SMILES string of the molecule is O=C1NC(S)N(Cc2ccc(Cl)c(OCC(F)(F)F)c2)c2cc[nH]c21. The lowest BCUT2D eigenvalue weighted by Gasteiger charge is -2.34. The zero-order valence-corrected chi connectivity index (χ0v) is 14.3. The number of fused-ring (bicyclic) bond motifs is 1. The summed E-state index contributed by atoms with van der Waals surface area (Å²) in [5.41, 5.74) is 1.12. The molecule has 134 valence electrons. The molecule has 1 aliphatic heterocycles. The highest BCUT2D eigenvalue weighted by Gasteiger charge is 2.30. The molecule has 2 heterocycles. The van der Waals surface area contributed by atoms with Gasteiger partial charge in [-0.1, -0.05) is 17.7 Å². The number of rotatable bonds is 4. The number of carbonyl (C=O) groups excluding carboxylic acids is 1. The molecule has 25 heavy (non-hydrogen) atoms. The van der Waals surface area contributed by atoms with E-state index >= 15 is 0 Å². The predicted octanol–water partition coefficient (Wildman–Crippen LogP) is 3.57. The fourth-order valence-corrected chi connectivity index (χ4v) is 2.96. The third-order valence-corrected chi connectivity index (χ3v) is 4.28. The van der Waals surface area contributed by atoms with Crippen molar-refractivity contribution in [2.24, 2.45) is 0 Å². The van der Waals surface area contributed by atoms with Gasteiger partial charge in [0.25, 0.3) is 5.91 Å². The largest absolute Gasteiger partial charge is 0.483 e. The lowest BCUT2D eigenvalue weighted by Crippen LogP contribution is -2.49. The second-order valence-corrected chi connectivity index (χ2v) is 6.28. The minimum Gasteiger partial charge on any atom is -0.483 e. The molecule has 0 saturated heterocycles. The molecular formula is C15H13ClF3N3O2S. The number of amides is 1. The fourth-order valence-electron chi connectivity index (χ4n) is 2.47. The zero-order valence-electron chi connectivity index (χ0n) is 12.6. The number of H-pyrrole nitrogens is 1. The first kappa shape index (κ1) is 17.8. The van der Waals surface area contributed by atoms with Crippen molar-refractivity contribution in [2.45, 2.75) is 18.2 Å². The number of hydrogen-bond acceptors (Lipinski definition) is 4. The monoisotopic (exact) mass is 391 g/mol. The molecule has 1 amide bonds. The van der Waals surface area contributed by atoms with Crippen molar-refractivity contribution in [1.82, 2.24) is 10.3 Å². The number of aromatic amines is 1. The van der Waals surface area contributed by atoms with Gasteiger partial charge in [0.15, 0.2) is 6.61 Å². The Kier molecular flexibility index (Phi) is 4.79. The molecule has 0 spiro atoms. The average Bonchev–Trinajstić information content (AvgIpc) is 3.01. The molecule has 2 aromatic rings. The van der Waals surface area contributed by atoms with Crippen molar-refractivity contribution in [2.75, 3.05) is 11.5 Å². The summed E-state index contributed by atoms with van der Waals surface area (Å²) in [4.78, 5) is 16.5. The molecule has 1 aromatic heterocycles. The van der Waals surface area contributed by atoms with E-state index in [4.69, 9.17) is 16.3 Å². The summed E-state index contributed by atoms with van der Waals surface area (Å²) in [6.07, 6.45) is -2.82. The number of nitrogens with zero attached hydrogens (tertiary/aromatic N) is 1. The second kappa shape index (κ2) is 6.72. The van der Waals surface area contributed by atoms with E-state index in [0.717, 1.165) is 0 Å². The van der Waals surface area contributed by atoms with Gasteiger partial charge in [0, 0.05) is 12.7 Å². The van der Waals surface area contributed by atoms with Gasteiger partial charge in [-0.15, -0.1) is 12.6 Å². The summed E-state index contributed by atoms with van der Waals surface area (Å²) >= 11 is 10.2. The normalized spacial score (nSPS) is 17.2. The Morgan fingerprint density at radius 2 is 2.08 bits per heavy atom. The number of aromatic nitrogens is 1. The number of carbonyl (C=O) groups is 1. The van der Waals surface area contributed by atoms with Gasteiger partial charge in [-0.2, -0.15) is 13.2 Å². The number of benzene rings is 1. The van der Waals surface area contributed by atoms with Gasteiger partial charge >= 0.3 is 6.18 Å². The molecule has 0 fully saturated rings. The fraction of sp³-hybridized carbons (Fsp3) is 0.267. The molecule has 0 aliphatic carbocycles. The van der Waals surface area contributed by atoms with Crippen LogP contribution in [0.15, 0.2) is 30.5 Å². The van der Waals surface area contributed by atoms with E-state index in [1.165, 1.54) is 12.1 Å². The third-order valence-electron chi connectivity index (χ3n) is 3.56. The van der Waals surface area contributed by atoms with Crippen LogP contribution in [0, 0.1) is 0 Å². The van der Waals surface area contributed by atoms with E-state index < -0.39 is 18.3 Å². The first-order chi connectivity index (χ1) is 11.7. The van der Waals surface area contributed by atoms with Gasteiger partial charge in [-0.25, -0.2) is 0 Å². The van der Waals surface area contributed by atoms with E-state index in [1.54, 1.807) is 23.2 Å². The van der Waals surface area contributed by atoms with Crippen molar-refractivity contribution in [3.8, 4) is 5.75 Å². The van der Waals surface area contributed by atoms with Gasteiger partial charge in [-0.05, 0) is 23.8 Å². The van der Waals surface area contributed by atoms with Crippen LogP contribution in [0.1, 0.15) is 16.1 Å². The van der Waals surface area contributed by atoms with E-state index in [9.17, 15) is 18.0 Å². The number of halogens is 4. The minimum absolute atomic E-state index is 0.0532. The van der Waals surface area contributed by atoms with Crippen LogP contribution in [0.25, 0.3) is 0 Å². The van der Waals surface area contributed by atoms with Crippen molar-refractivity contribution in [3.63, 3.8) is 0 Å². The molecule has 1 aromatic carbocycles. The summed E-state index contributed by atoms with van der Waals surface area (Å²) in [6, 6.07) is 6.31. The van der Waals surface area contributed by atoms with E-state index in [2.05, 4.69) is 22.9 Å². The standard InChI is InChI=1S/C15H13ClF3N3O2S/c16-9-2-1-8(5-11(9)24-7-15(17,18)19)6-22-10-3-4-20-12(10)13(23)21-14(22)25/h1-5,14,20,25H,6-7H2,(H,21,23). The Morgan fingerprint density at radius 3 is 2.80 bits per heavy atom. The maximum Gasteiger partial charge on any atom is 0.422 e. The van der Waals surface area contributed by atoms with Crippen LogP contribution in [-0.2, 0) is 6.54 Å². The first-order valence-electron chi connectivity index (χ1n) is 7.15. The number of hydrogen-bond donors (Lipinski definition) is 3. The second-order valence-electron chi connectivity index (χ2n) is 5.38. The number of nitrogens with one attached hydrogen (secondary N) is 2. The Bertz CT molecular complexity index is 797. The Labute approximate surface area is 151 Å². The highest BCUT2D eigenvalue weighted by molar-refractivity contribution is 7.81. The third kappa shape index (κ3) is 3.98. The molecule has 1 aliphatic rings. The molecule has 3 rings (SSSR count). The van der Waals surface area contributed by atoms with E-state index in [1.807, 2.05) is 0 Å². The lowest BCUT2D eigenvalue weighted by atomic mass is 10.1. The van der Waals surface area contributed by atoms with Crippen molar-refractivity contribution in [1.29, 1.82) is 0 Å². The topological polar surface area (TPSA) is 57.4 Å². The predicted molar refractivity (Wildman–Crippen MR) is 90.2 cm³/mol. The van der Waals surface area contributed by atoms with Crippen molar-refractivity contribution < 1.29 is 22.7 Å².